The number of hydrogen-bond donors (Lipinski definition) is 1. The molecule has 0 aliphatic rings. The van der Waals surface area contributed by atoms with Crippen LogP contribution in [0.2, 0.25) is 0 Å². The first-order valence-corrected chi connectivity index (χ1v) is 7.96. The lowest BCUT2D eigenvalue weighted by molar-refractivity contribution is 0.0935. The molecule has 4 nitrogen and oxygen atoms in total. The van der Waals surface area contributed by atoms with Gasteiger partial charge in [-0.3, -0.25) is 4.79 Å². The van der Waals surface area contributed by atoms with Crippen molar-refractivity contribution in [2.45, 2.75) is 39.7 Å². The summed E-state index contributed by atoms with van der Waals surface area (Å²) in [5, 5.41) is 7.07. The predicted octanol–water partition coefficient (Wildman–Crippen LogP) is 2.85. The standard InChI is InChI=1S/C11H18IN3OS/c1-6(2)8(5-12)13-11(16)10-9(7(3)4)14-15-17-10/h6-8H,5H2,1-4H3,(H,13,16). The number of rotatable bonds is 5. The van der Waals surface area contributed by atoms with E-state index in [0.29, 0.717) is 10.8 Å². The van der Waals surface area contributed by atoms with Crippen molar-refractivity contribution in [3.63, 3.8) is 0 Å². The molecule has 6 heteroatoms. The van der Waals surface area contributed by atoms with Crippen LogP contribution in [0, 0.1) is 5.92 Å². The van der Waals surface area contributed by atoms with Crippen LogP contribution in [0.3, 0.4) is 0 Å². The van der Waals surface area contributed by atoms with Crippen LogP contribution in [-0.2, 0) is 0 Å². The van der Waals surface area contributed by atoms with Crippen LogP contribution < -0.4 is 5.32 Å². The summed E-state index contributed by atoms with van der Waals surface area (Å²) in [6, 6.07) is 0.199. The van der Waals surface area contributed by atoms with Gasteiger partial charge < -0.3 is 5.32 Å². The van der Waals surface area contributed by atoms with Crippen molar-refractivity contribution in [1.82, 2.24) is 14.9 Å². The van der Waals surface area contributed by atoms with Crippen LogP contribution in [0.25, 0.3) is 0 Å². The zero-order valence-electron chi connectivity index (χ0n) is 10.5. The normalized spacial score (nSPS) is 13.1. The van der Waals surface area contributed by atoms with Crippen molar-refractivity contribution in [1.29, 1.82) is 0 Å². The Morgan fingerprint density at radius 3 is 2.53 bits per heavy atom. The van der Waals surface area contributed by atoms with Crippen molar-refractivity contribution in [2.24, 2.45) is 5.92 Å². The zero-order chi connectivity index (χ0) is 13.0. The largest absolute Gasteiger partial charge is 0.347 e. The highest BCUT2D eigenvalue weighted by atomic mass is 127. The summed E-state index contributed by atoms with van der Waals surface area (Å²) in [4.78, 5) is 12.8. The first-order valence-electron chi connectivity index (χ1n) is 5.66. The fourth-order valence-electron chi connectivity index (χ4n) is 1.35. The molecular formula is C11H18IN3OS. The van der Waals surface area contributed by atoms with Gasteiger partial charge >= 0.3 is 0 Å². The Balaban J connectivity index is 2.79. The molecule has 1 aromatic rings. The maximum absolute atomic E-state index is 12.1. The predicted molar refractivity (Wildman–Crippen MR) is 79.0 cm³/mol. The van der Waals surface area contributed by atoms with Gasteiger partial charge in [-0.15, -0.1) is 5.10 Å². The highest BCUT2D eigenvalue weighted by Crippen LogP contribution is 2.20. The number of halogens is 1. The molecule has 1 aromatic heterocycles. The van der Waals surface area contributed by atoms with Crippen LogP contribution in [0.5, 0.6) is 0 Å². The molecule has 0 spiro atoms. The molecule has 0 aromatic carbocycles. The van der Waals surface area contributed by atoms with Gasteiger partial charge in [0.05, 0.1) is 5.69 Å². The van der Waals surface area contributed by atoms with Gasteiger partial charge in [0, 0.05) is 10.5 Å². The molecule has 1 N–H and O–H groups in total. The molecule has 0 saturated heterocycles. The molecule has 0 bridgehead atoms. The number of alkyl halides is 1. The molecule has 1 rings (SSSR count). The average Bonchev–Trinajstić information content (AvgIpc) is 2.73. The topological polar surface area (TPSA) is 54.9 Å². The van der Waals surface area contributed by atoms with Crippen LogP contribution in [-0.4, -0.2) is 26.0 Å². The van der Waals surface area contributed by atoms with E-state index < -0.39 is 0 Å². The quantitative estimate of drug-likeness (QED) is 0.643. The first kappa shape index (κ1) is 14.8. The fourth-order valence-corrected chi connectivity index (χ4v) is 3.31. The number of carbonyl (C=O) groups excluding carboxylic acids is 1. The Hall–Kier alpha value is -0.240. The third-order valence-electron chi connectivity index (χ3n) is 2.55. The van der Waals surface area contributed by atoms with E-state index in [1.54, 1.807) is 0 Å². The maximum atomic E-state index is 12.1. The average molecular weight is 367 g/mol. The van der Waals surface area contributed by atoms with Gasteiger partial charge in [0.25, 0.3) is 5.91 Å². The van der Waals surface area contributed by atoms with E-state index in [1.807, 2.05) is 13.8 Å². The third kappa shape index (κ3) is 3.87. The summed E-state index contributed by atoms with van der Waals surface area (Å²) in [6.45, 7) is 8.26. The van der Waals surface area contributed by atoms with E-state index in [-0.39, 0.29) is 17.9 Å². The maximum Gasteiger partial charge on any atom is 0.265 e. The minimum atomic E-state index is -0.0425. The third-order valence-corrected chi connectivity index (χ3v) is 4.24. The molecule has 0 fully saturated rings. The Bertz CT molecular complexity index is 379. The Morgan fingerprint density at radius 1 is 1.41 bits per heavy atom. The first-order chi connectivity index (χ1) is 7.97. The van der Waals surface area contributed by atoms with E-state index in [0.717, 1.165) is 10.1 Å². The van der Waals surface area contributed by atoms with Crippen molar-refractivity contribution < 1.29 is 4.79 Å². The lowest BCUT2D eigenvalue weighted by Gasteiger charge is -2.19. The highest BCUT2D eigenvalue weighted by molar-refractivity contribution is 14.1. The van der Waals surface area contributed by atoms with Gasteiger partial charge in [-0.2, -0.15) is 0 Å². The van der Waals surface area contributed by atoms with Gasteiger partial charge in [-0.05, 0) is 23.4 Å². The Kier molecular flexibility index (Phi) is 5.78. The number of nitrogens with zero attached hydrogens (tertiary/aromatic N) is 2. The Labute approximate surface area is 120 Å². The smallest absolute Gasteiger partial charge is 0.265 e. The van der Waals surface area contributed by atoms with Crippen LogP contribution in [0.4, 0.5) is 0 Å². The van der Waals surface area contributed by atoms with Crippen molar-refractivity contribution in [3.8, 4) is 0 Å². The lowest BCUT2D eigenvalue weighted by atomic mass is 10.1. The van der Waals surface area contributed by atoms with E-state index in [4.69, 9.17) is 0 Å². The van der Waals surface area contributed by atoms with Gasteiger partial charge in [0.15, 0.2) is 0 Å². The zero-order valence-corrected chi connectivity index (χ0v) is 13.5. The van der Waals surface area contributed by atoms with Crippen LogP contribution in [0.15, 0.2) is 0 Å². The second kappa shape index (κ2) is 6.63. The van der Waals surface area contributed by atoms with Gasteiger partial charge in [-0.25, -0.2) is 0 Å². The number of aromatic nitrogens is 2. The molecule has 1 amide bonds. The van der Waals surface area contributed by atoms with Crippen LogP contribution >= 0.6 is 34.1 Å². The molecule has 0 saturated carbocycles. The number of nitrogens with one attached hydrogen (secondary N) is 1. The van der Waals surface area contributed by atoms with Gasteiger partial charge in [0.2, 0.25) is 0 Å². The molecular weight excluding hydrogens is 349 g/mol. The fraction of sp³-hybridized carbons (Fsp3) is 0.727. The highest BCUT2D eigenvalue weighted by Gasteiger charge is 2.22. The molecule has 1 atom stereocenters. The van der Waals surface area contributed by atoms with E-state index in [9.17, 15) is 4.79 Å². The number of hydrogen-bond acceptors (Lipinski definition) is 4. The van der Waals surface area contributed by atoms with E-state index >= 15 is 0 Å². The number of carbonyl (C=O) groups is 1. The van der Waals surface area contributed by atoms with Gasteiger partial charge in [0.1, 0.15) is 4.88 Å². The summed E-state index contributed by atoms with van der Waals surface area (Å²) >= 11 is 3.47. The van der Waals surface area contributed by atoms with Crippen LogP contribution in [0.1, 0.15) is 49.0 Å². The molecule has 0 aliphatic heterocycles. The monoisotopic (exact) mass is 367 g/mol. The minimum absolute atomic E-state index is 0.0425. The second-order valence-electron chi connectivity index (χ2n) is 4.62. The SMILES string of the molecule is CC(C)c1nnsc1C(=O)NC(CI)C(C)C. The lowest BCUT2D eigenvalue weighted by Crippen LogP contribution is -2.39. The minimum Gasteiger partial charge on any atom is -0.347 e. The molecule has 1 heterocycles. The number of amides is 1. The summed E-state index contributed by atoms with van der Waals surface area (Å²) in [6.07, 6.45) is 0. The van der Waals surface area contributed by atoms with Crippen molar-refractivity contribution >= 4 is 40.0 Å². The molecule has 0 radical (unpaired) electrons. The molecule has 96 valence electrons. The Morgan fingerprint density at radius 2 is 2.06 bits per heavy atom. The molecule has 17 heavy (non-hydrogen) atoms. The van der Waals surface area contributed by atoms with E-state index in [2.05, 4.69) is 51.3 Å². The summed E-state index contributed by atoms with van der Waals surface area (Å²) < 4.78 is 4.78. The summed E-state index contributed by atoms with van der Waals surface area (Å²) in [5.74, 6) is 0.616. The van der Waals surface area contributed by atoms with E-state index in [1.165, 1.54) is 11.5 Å². The van der Waals surface area contributed by atoms with Crippen molar-refractivity contribution in [2.75, 3.05) is 4.43 Å². The second-order valence-corrected chi connectivity index (χ2v) is 6.26. The summed E-state index contributed by atoms with van der Waals surface area (Å²) in [5.41, 5.74) is 0.795. The van der Waals surface area contributed by atoms with Gasteiger partial charge in [-0.1, -0.05) is 54.8 Å². The molecule has 0 aliphatic carbocycles. The molecule has 1 unspecified atom stereocenters. The van der Waals surface area contributed by atoms with Crippen molar-refractivity contribution in [3.05, 3.63) is 10.6 Å². The summed E-state index contributed by atoms with van der Waals surface area (Å²) in [7, 11) is 0.